The van der Waals surface area contributed by atoms with Gasteiger partial charge in [-0.1, -0.05) is 12.1 Å². The third kappa shape index (κ3) is 4.42. The molecular formula is C13H14N4O4S. The molecule has 1 heterocycles. The van der Waals surface area contributed by atoms with Gasteiger partial charge in [0.2, 0.25) is 0 Å². The lowest BCUT2D eigenvalue weighted by Crippen LogP contribution is -2.30. The Kier molecular flexibility index (Phi) is 5.26. The lowest BCUT2D eigenvalue weighted by molar-refractivity contribution is -0.380. The number of urea groups is 1. The highest BCUT2D eigenvalue weighted by atomic mass is 32.1. The number of hydrogen-bond acceptors (Lipinski definition) is 6. The average molecular weight is 322 g/mol. The maximum absolute atomic E-state index is 11.6. The van der Waals surface area contributed by atoms with Gasteiger partial charge in [0.05, 0.1) is 12.0 Å². The van der Waals surface area contributed by atoms with Crippen LogP contribution >= 0.6 is 11.3 Å². The molecule has 0 aliphatic heterocycles. The van der Waals surface area contributed by atoms with Crippen LogP contribution in [-0.4, -0.2) is 29.6 Å². The van der Waals surface area contributed by atoms with Crippen molar-refractivity contribution in [2.24, 2.45) is 0 Å². The Bertz CT molecular complexity index is 656. The summed E-state index contributed by atoms with van der Waals surface area (Å²) in [7, 11) is 1.60. The van der Waals surface area contributed by atoms with Gasteiger partial charge < -0.3 is 10.1 Å². The summed E-state index contributed by atoms with van der Waals surface area (Å²) in [5.74, 6) is 0.778. The molecule has 0 radical (unpaired) electrons. The molecule has 0 bridgehead atoms. The predicted octanol–water partition coefficient (Wildman–Crippen LogP) is 2.42. The number of benzene rings is 1. The number of nitro groups is 1. The molecule has 1 aromatic carbocycles. The first-order chi connectivity index (χ1) is 10.6. The van der Waals surface area contributed by atoms with Gasteiger partial charge in [-0.2, -0.15) is 0 Å². The Morgan fingerprint density at radius 1 is 1.41 bits per heavy atom. The maximum atomic E-state index is 11.6. The summed E-state index contributed by atoms with van der Waals surface area (Å²) < 4.78 is 5.06. The smallest absolute Gasteiger partial charge is 0.345 e. The van der Waals surface area contributed by atoms with Crippen molar-refractivity contribution in [3.63, 3.8) is 0 Å². The molecule has 0 saturated heterocycles. The van der Waals surface area contributed by atoms with E-state index in [1.165, 1.54) is 0 Å². The van der Waals surface area contributed by atoms with E-state index in [4.69, 9.17) is 4.74 Å². The van der Waals surface area contributed by atoms with Crippen LogP contribution in [0.4, 0.5) is 14.9 Å². The van der Waals surface area contributed by atoms with E-state index in [9.17, 15) is 14.9 Å². The first kappa shape index (κ1) is 15.7. The van der Waals surface area contributed by atoms with Gasteiger partial charge in [0, 0.05) is 6.54 Å². The van der Waals surface area contributed by atoms with Gasteiger partial charge in [0.25, 0.3) is 0 Å². The minimum Gasteiger partial charge on any atom is -0.497 e. The minimum atomic E-state index is -0.551. The van der Waals surface area contributed by atoms with Crippen LogP contribution in [0.15, 0.2) is 30.5 Å². The van der Waals surface area contributed by atoms with Gasteiger partial charge in [-0.15, -0.1) is 0 Å². The lowest BCUT2D eigenvalue weighted by Gasteiger charge is -2.06. The number of carbonyl (C=O) groups is 1. The van der Waals surface area contributed by atoms with E-state index < -0.39 is 11.0 Å². The molecule has 9 heteroatoms. The van der Waals surface area contributed by atoms with Gasteiger partial charge in [0.1, 0.15) is 11.9 Å². The summed E-state index contributed by atoms with van der Waals surface area (Å²) in [6, 6.07) is 7.09. The molecule has 0 saturated carbocycles. The van der Waals surface area contributed by atoms with Gasteiger partial charge in [-0.25, -0.2) is 9.78 Å². The van der Waals surface area contributed by atoms with Crippen LogP contribution in [0.1, 0.15) is 5.56 Å². The minimum absolute atomic E-state index is 0.117. The van der Waals surface area contributed by atoms with Crippen molar-refractivity contribution in [3.05, 3.63) is 46.1 Å². The van der Waals surface area contributed by atoms with Gasteiger partial charge >= 0.3 is 11.0 Å². The molecule has 0 unspecified atom stereocenters. The number of ether oxygens (including phenoxy) is 1. The molecule has 22 heavy (non-hydrogen) atoms. The highest BCUT2D eigenvalue weighted by molar-refractivity contribution is 7.18. The summed E-state index contributed by atoms with van der Waals surface area (Å²) in [6.07, 6.45) is 1.77. The highest BCUT2D eigenvalue weighted by Gasteiger charge is 2.12. The Morgan fingerprint density at radius 2 is 2.14 bits per heavy atom. The predicted molar refractivity (Wildman–Crippen MR) is 82.5 cm³/mol. The van der Waals surface area contributed by atoms with E-state index in [0.717, 1.165) is 28.8 Å². The molecule has 0 aliphatic rings. The third-order valence-electron chi connectivity index (χ3n) is 2.75. The molecule has 116 valence electrons. The van der Waals surface area contributed by atoms with E-state index in [-0.39, 0.29) is 10.1 Å². The number of anilines is 1. The average Bonchev–Trinajstić information content (AvgIpc) is 2.96. The topological polar surface area (TPSA) is 106 Å². The van der Waals surface area contributed by atoms with Gasteiger partial charge in [0.15, 0.2) is 5.13 Å². The van der Waals surface area contributed by atoms with Crippen LogP contribution in [0.3, 0.4) is 0 Å². The van der Waals surface area contributed by atoms with Gasteiger partial charge in [-0.05, 0) is 35.5 Å². The first-order valence-corrected chi connectivity index (χ1v) is 7.18. The SMILES string of the molecule is COc1ccc(CCNC(=O)Nc2ncc([N+](=O)[O-])s2)cc1. The number of hydrogen-bond donors (Lipinski definition) is 2. The summed E-state index contributed by atoms with van der Waals surface area (Å²) >= 11 is 0.807. The van der Waals surface area contributed by atoms with Crippen molar-refractivity contribution in [3.8, 4) is 5.75 Å². The van der Waals surface area contributed by atoms with Crippen molar-refractivity contribution in [2.75, 3.05) is 19.0 Å². The monoisotopic (exact) mass is 322 g/mol. The van der Waals surface area contributed by atoms with E-state index in [1.54, 1.807) is 7.11 Å². The van der Waals surface area contributed by atoms with Crippen molar-refractivity contribution < 1.29 is 14.5 Å². The fourth-order valence-corrected chi connectivity index (χ4v) is 2.29. The van der Waals surface area contributed by atoms with E-state index in [0.29, 0.717) is 13.0 Å². The highest BCUT2D eigenvalue weighted by Crippen LogP contribution is 2.24. The Balaban J connectivity index is 1.76. The van der Waals surface area contributed by atoms with Crippen molar-refractivity contribution >= 4 is 27.5 Å². The van der Waals surface area contributed by atoms with Crippen LogP contribution in [0.25, 0.3) is 0 Å². The molecule has 0 atom stereocenters. The molecule has 1 aromatic heterocycles. The number of nitrogens with one attached hydrogen (secondary N) is 2. The fraction of sp³-hybridized carbons (Fsp3) is 0.231. The number of aromatic nitrogens is 1. The Morgan fingerprint density at radius 3 is 2.73 bits per heavy atom. The zero-order chi connectivity index (χ0) is 15.9. The molecule has 0 fully saturated rings. The second kappa shape index (κ2) is 7.36. The van der Waals surface area contributed by atoms with Crippen LogP contribution in [0, 0.1) is 10.1 Å². The van der Waals surface area contributed by atoms with Gasteiger partial charge in [-0.3, -0.25) is 15.4 Å². The molecule has 0 aliphatic carbocycles. The third-order valence-corrected chi connectivity index (χ3v) is 3.62. The summed E-state index contributed by atoms with van der Waals surface area (Å²) in [5.41, 5.74) is 1.06. The van der Waals surface area contributed by atoms with Crippen LogP contribution in [-0.2, 0) is 6.42 Å². The fourth-order valence-electron chi connectivity index (χ4n) is 1.66. The molecule has 2 aromatic rings. The molecule has 0 spiro atoms. The number of methoxy groups -OCH3 is 1. The largest absolute Gasteiger partial charge is 0.497 e. The quantitative estimate of drug-likeness (QED) is 0.627. The van der Waals surface area contributed by atoms with Crippen molar-refractivity contribution in [2.45, 2.75) is 6.42 Å². The number of amides is 2. The van der Waals surface area contributed by atoms with Crippen molar-refractivity contribution in [1.82, 2.24) is 10.3 Å². The standard InChI is InChI=1S/C13H14N4O4S/c1-21-10-4-2-9(3-5-10)6-7-14-12(18)16-13-15-8-11(22-13)17(19)20/h2-5,8H,6-7H2,1H3,(H2,14,15,16,18). The molecule has 2 rings (SSSR count). The number of thiazole rings is 1. The molecule has 2 amide bonds. The maximum Gasteiger partial charge on any atom is 0.345 e. The second-order valence-corrected chi connectivity index (χ2v) is 5.25. The second-order valence-electron chi connectivity index (χ2n) is 4.24. The summed E-state index contributed by atoms with van der Waals surface area (Å²) in [5, 5.41) is 15.7. The number of rotatable bonds is 6. The number of nitrogens with zero attached hydrogens (tertiary/aromatic N) is 2. The number of carbonyl (C=O) groups excluding carboxylic acids is 1. The Labute approximate surface area is 130 Å². The lowest BCUT2D eigenvalue weighted by atomic mass is 10.1. The van der Waals surface area contributed by atoms with Crippen molar-refractivity contribution in [1.29, 1.82) is 0 Å². The normalized spacial score (nSPS) is 10.0. The molecule has 8 nitrogen and oxygen atoms in total. The summed E-state index contributed by atoms with van der Waals surface area (Å²) in [6.45, 7) is 0.436. The van der Waals surface area contributed by atoms with Crippen LogP contribution in [0.2, 0.25) is 0 Å². The molecule has 2 N–H and O–H groups in total. The molecular weight excluding hydrogens is 308 g/mol. The first-order valence-electron chi connectivity index (χ1n) is 6.36. The van der Waals surface area contributed by atoms with E-state index in [2.05, 4.69) is 15.6 Å². The van der Waals surface area contributed by atoms with E-state index >= 15 is 0 Å². The van der Waals surface area contributed by atoms with E-state index in [1.807, 2.05) is 24.3 Å². The zero-order valence-electron chi connectivity index (χ0n) is 11.7. The van der Waals surface area contributed by atoms with Crippen LogP contribution in [0.5, 0.6) is 5.75 Å². The Hall–Kier alpha value is -2.68. The summed E-state index contributed by atoms with van der Waals surface area (Å²) in [4.78, 5) is 25.4. The van der Waals surface area contributed by atoms with Crippen LogP contribution < -0.4 is 15.4 Å². The zero-order valence-corrected chi connectivity index (χ0v) is 12.6.